The predicted molar refractivity (Wildman–Crippen MR) is 96.1 cm³/mol. The standard InChI is InChI=1S/C21H16N2O/c24-15-18-7-4-8-21-20(18)9-10-23(21)14-16-11-19(13-22-12-16)17-5-2-1-3-6-17/h1-13,15H,14H2. The van der Waals surface area contributed by atoms with E-state index in [-0.39, 0.29) is 0 Å². The van der Waals surface area contributed by atoms with Crippen LogP contribution in [0.4, 0.5) is 0 Å². The van der Waals surface area contributed by atoms with E-state index in [1.807, 2.05) is 61.1 Å². The van der Waals surface area contributed by atoms with Crippen molar-refractivity contribution in [1.82, 2.24) is 9.55 Å². The molecule has 0 bridgehead atoms. The number of rotatable bonds is 4. The summed E-state index contributed by atoms with van der Waals surface area (Å²) in [6, 6.07) is 20.2. The van der Waals surface area contributed by atoms with Crippen LogP contribution < -0.4 is 0 Å². The molecule has 2 aromatic carbocycles. The first-order valence-corrected chi connectivity index (χ1v) is 7.87. The molecule has 0 aliphatic carbocycles. The monoisotopic (exact) mass is 312 g/mol. The molecule has 0 saturated heterocycles. The summed E-state index contributed by atoms with van der Waals surface area (Å²) >= 11 is 0. The van der Waals surface area contributed by atoms with Gasteiger partial charge in [0.25, 0.3) is 0 Å². The first kappa shape index (κ1) is 14.4. The van der Waals surface area contributed by atoms with Crippen LogP contribution in [0.25, 0.3) is 22.0 Å². The highest BCUT2D eigenvalue weighted by Crippen LogP contribution is 2.22. The first-order chi connectivity index (χ1) is 11.8. The van der Waals surface area contributed by atoms with Crippen LogP contribution in [0.2, 0.25) is 0 Å². The molecule has 4 aromatic rings. The van der Waals surface area contributed by atoms with Gasteiger partial charge in [-0.25, -0.2) is 0 Å². The lowest BCUT2D eigenvalue weighted by Crippen LogP contribution is -1.99. The molecule has 0 aliphatic heterocycles. The number of benzene rings is 2. The molecule has 0 atom stereocenters. The van der Waals surface area contributed by atoms with Crippen molar-refractivity contribution in [3.63, 3.8) is 0 Å². The van der Waals surface area contributed by atoms with Crippen molar-refractivity contribution in [3.8, 4) is 11.1 Å². The molecule has 0 spiro atoms. The van der Waals surface area contributed by atoms with Gasteiger partial charge in [-0.1, -0.05) is 42.5 Å². The lowest BCUT2D eigenvalue weighted by molar-refractivity contribution is 0.112. The first-order valence-electron chi connectivity index (χ1n) is 7.87. The van der Waals surface area contributed by atoms with E-state index in [9.17, 15) is 4.79 Å². The van der Waals surface area contributed by atoms with Crippen molar-refractivity contribution in [2.75, 3.05) is 0 Å². The quantitative estimate of drug-likeness (QED) is 0.518. The Kier molecular flexibility index (Phi) is 3.67. The number of nitrogens with zero attached hydrogens (tertiary/aromatic N) is 2. The number of hydrogen-bond donors (Lipinski definition) is 0. The fourth-order valence-electron chi connectivity index (χ4n) is 3.05. The Balaban J connectivity index is 1.70. The van der Waals surface area contributed by atoms with Crippen molar-refractivity contribution < 1.29 is 4.79 Å². The molecule has 3 nitrogen and oxygen atoms in total. The largest absolute Gasteiger partial charge is 0.343 e. The molecule has 0 unspecified atom stereocenters. The van der Waals surface area contributed by atoms with Crippen molar-refractivity contribution in [1.29, 1.82) is 0 Å². The van der Waals surface area contributed by atoms with Gasteiger partial charge in [-0.2, -0.15) is 0 Å². The third kappa shape index (κ3) is 2.61. The van der Waals surface area contributed by atoms with E-state index in [4.69, 9.17) is 0 Å². The van der Waals surface area contributed by atoms with Gasteiger partial charge in [0.1, 0.15) is 0 Å². The number of carbonyl (C=O) groups excluding carboxylic acids is 1. The van der Waals surface area contributed by atoms with E-state index < -0.39 is 0 Å². The summed E-state index contributed by atoms with van der Waals surface area (Å²) in [5.41, 5.74) is 5.18. The van der Waals surface area contributed by atoms with Gasteiger partial charge in [-0.3, -0.25) is 9.78 Å². The second kappa shape index (κ2) is 6.13. The maximum atomic E-state index is 11.2. The zero-order valence-electron chi connectivity index (χ0n) is 13.1. The molecule has 2 heterocycles. The van der Waals surface area contributed by atoms with Gasteiger partial charge in [0.15, 0.2) is 6.29 Å². The third-order valence-corrected chi connectivity index (χ3v) is 4.23. The van der Waals surface area contributed by atoms with Gasteiger partial charge >= 0.3 is 0 Å². The van der Waals surface area contributed by atoms with Gasteiger partial charge in [0.2, 0.25) is 0 Å². The Morgan fingerprint density at radius 3 is 2.62 bits per heavy atom. The van der Waals surface area contributed by atoms with Crippen molar-refractivity contribution >= 4 is 17.2 Å². The molecule has 0 N–H and O–H groups in total. The summed E-state index contributed by atoms with van der Waals surface area (Å²) in [6.45, 7) is 0.722. The van der Waals surface area contributed by atoms with Gasteiger partial charge in [0, 0.05) is 47.2 Å². The highest BCUT2D eigenvalue weighted by molar-refractivity contribution is 5.97. The average molecular weight is 312 g/mol. The zero-order chi connectivity index (χ0) is 16.4. The van der Waals surface area contributed by atoms with Crippen molar-refractivity contribution in [2.45, 2.75) is 6.54 Å². The van der Waals surface area contributed by atoms with Gasteiger partial charge in [0.05, 0.1) is 0 Å². The number of hydrogen-bond acceptors (Lipinski definition) is 2. The van der Waals surface area contributed by atoms with E-state index >= 15 is 0 Å². The summed E-state index contributed by atoms with van der Waals surface area (Å²) in [5, 5.41) is 0.986. The molecular formula is C21H16N2O. The Bertz CT molecular complexity index is 1000. The molecule has 0 aliphatic rings. The molecule has 0 fully saturated rings. The van der Waals surface area contributed by atoms with Crippen LogP contribution in [0.3, 0.4) is 0 Å². The molecular weight excluding hydrogens is 296 g/mol. The summed E-state index contributed by atoms with van der Waals surface area (Å²) in [7, 11) is 0. The number of carbonyl (C=O) groups is 1. The Labute approximate surface area is 140 Å². The number of pyridine rings is 1. The van der Waals surface area contributed by atoms with E-state index in [1.54, 1.807) is 0 Å². The summed E-state index contributed by atoms with van der Waals surface area (Å²) < 4.78 is 2.15. The van der Waals surface area contributed by atoms with Crippen LogP contribution in [0.5, 0.6) is 0 Å². The minimum Gasteiger partial charge on any atom is -0.343 e. The van der Waals surface area contributed by atoms with E-state index in [1.165, 1.54) is 0 Å². The van der Waals surface area contributed by atoms with Crippen LogP contribution in [-0.4, -0.2) is 15.8 Å². The second-order valence-corrected chi connectivity index (χ2v) is 5.79. The number of aldehydes is 1. The van der Waals surface area contributed by atoms with Gasteiger partial charge in [-0.05, 0) is 29.3 Å². The number of aromatic nitrogens is 2. The van der Waals surface area contributed by atoms with Crippen LogP contribution in [0.15, 0.2) is 79.3 Å². The van der Waals surface area contributed by atoms with Crippen LogP contribution >= 0.6 is 0 Å². The maximum Gasteiger partial charge on any atom is 0.150 e. The smallest absolute Gasteiger partial charge is 0.150 e. The van der Waals surface area contributed by atoms with Gasteiger partial charge < -0.3 is 4.57 Å². The molecule has 3 heteroatoms. The highest BCUT2D eigenvalue weighted by Gasteiger charge is 2.06. The summed E-state index contributed by atoms with van der Waals surface area (Å²) in [6.07, 6.45) is 6.70. The zero-order valence-corrected chi connectivity index (χ0v) is 13.1. The van der Waals surface area contributed by atoms with E-state index in [0.717, 1.165) is 46.0 Å². The molecule has 4 rings (SSSR count). The van der Waals surface area contributed by atoms with Crippen molar-refractivity contribution in [3.05, 3.63) is 90.4 Å². The summed E-state index contributed by atoms with van der Waals surface area (Å²) in [4.78, 5) is 15.6. The normalized spacial score (nSPS) is 10.8. The minimum absolute atomic E-state index is 0.722. The molecule has 0 amide bonds. The second-order valence-electron chi connectivity index (χ2n) is 5.79. The van der Waals surface area contributed by atoms with Crippen LogP contribution in [0, 0.1) is 0 Å². The molecule has 0 radical (unpaired) electrons. The Morgan fingerprint density at radius 2 is 1.79 bits per heavy atom. The van der Waals surface area contributed by atoms with Crippen molar-refractivity contribution in [2.24, 2.45) is 0 Å². The fraction of sp³-hybridized carbons (Fsp3) is 0.0476. The molecule has 24 heavy (non-hydrogen) atoms. The predicted octanol–water partition coefficient (Wildman–Crippen LogP) is 4.56. The third-order valence-electron chi connectivity index (χ3n) is 4.23. The molecule has 2 aromatic heterocycles. The topological polar surface area (TPSA) is 34.9 Å². The van der Waals surface area contributed by atoms with Crippen LogP contribution in [-0.2, 0) is 6.54 Å². The SMILES string of the molecule is O=Cc1cccc2c1ccn2Cc1cncc(-c2ccccc2)c1. The Hall–Kier alpha value is -3.20. The summed E-state index contributed by atoms with van der Waals surface area (Å²) in [5.74, 6) is 0. The van der Waals surface area contributed by atoms with E-state index in [2.05, 4.69) is 27.8 Å². The molecule has 116 valence electrons. The van der Waals surface area contributed by atoms with E-state index in [0.29, 0.717) is 0 Å². The highest BCUT2D eigenvalue weighted by atomic mass is 16.1. The maximum absolute atomic E-state index is 11.2. The lowest BCUT2D eigenvalue weighted by Gasteiger charge is -2.08. The average Bonchev–Trinajstić information content (AvgIpc) is 3.06. The minimum atomic E-state index is 0.722. The number of fused-ring (bicyclic) bond motifs is 1. The van der Waals surface area contributed by atoms with Crippen LogP contribution in [0.1, 0.15) is 15.9 Å². The fourth-order valence-corrected chi connectivity index (χ4v) is 3.05. The van der Waals surface area contributed by atoms with Gasteiger partial charge in [-0.15, -0.1) is 0 Å². The Morgan fingerprint density at radius 1 is 0.917 bits per heavy atom. The lowest BCUT2D eigenvalue weighted by atomic mass is 10.1. The molecule has 0 saturated carbocycles.